The molecule has 0 radical (unpaired) electrons. The van der Waals surface area contributed by atoms with Gasteiger partial charge in [-0.2, -0.15) is 5.10 Å². The summed E-state index contributed by atoms with van der Waals surface area (Å²) in [5.41, 5.74) is 2.56. The van der Waals surface area contributed by atoms with Crippen LogP contribution in [0.3, 0.4) is 0 Å². The Morgan fingerprint density at radius 1 is 1.32 bits per heavy atom. The molecule has 0 fully saturated rings. The monoisotopic (exact) mass is 276 g/mol. The van der Waals surface area contributed by atoms with Crippen LogP contribution in [-0.2, 0) is 0 Å². The standard InChI is InChI=1S/C13H13ClN4O/c1-7(16-9-5-3-4-6-10(9)19)11-8(2)17-18-13(14)12(11)15/h3-6,15-16,19H,1-2H3/b11-7-,15-12?. The van der Waals surface area contributed by atoms with E-state index in [1.807, 2.05) is 6.07 Å². The van der Waals surface area contributed by atoms with Crippen LogP contribution in [0.4, 0.5) is 5.69 Å². The molecule has 0 bridgehead atoms. The van der Waals surface area contributed by atoms with E-state index >= 15 is 0 Å². The Morgan fingerprint density at radius 3 is 2.68 bits per heavy atom. The van der Waals surface area contributed by atoms with Crippen molar-refractivity contribution < 1.29 is 5.11 Å². The lowest BCUT2D eigenvalue weighted by atomic mass is 10.0. The minimum Gasteiger partial charge on any atom is -0.506 e. The van der Waals surface area contributed by atoms with Crippen molar-refractivity contribution in [3.63, 3.8) is 0 Å². The van der Waals surface area contributed by atoms with E-state index < -0.39 is 0 Å². The molecule has 0 atom stereocenters. The molecule has 0 aliphatic carbocycles. The summed E-state index contributed by atoms with van der Waals surface area (Å²) in [6.45, 7) is 3.55. The molecule has 2 rings (SSSR count). The summed E-state index contributed by atoms with van der Waals surface area (Å²) >= 11 is 5.81. The molecule has 0 unspecified atom stereocenters. The molecule has 1 heterocycles. The van der Waals surface area contributed by atoms with Crippen LogP contribution in [0.5, 0.6) is 5.75 Å². The summed E-state index contributed by atoms with van der Waals surface area (Å²) < 4.78 is 0. The van der Waals surface area contributed by atoms with Gasteiger partial charge >= 0.3 is 0 Å². The summed E-state index contributed by atoms with van der Waals surface area (Å²) in [5.74, 6) is 0.138. The van der Waals surface area contributed by atoms with Gasteiger partial charge in [0.2, 0.25) is 0 Å². The van der Waals surface area contributed by atoms with E-state index in [1.54, 1.807) is 32.0 Å². The van der Waals surface area contributed by atoms with Crippen LogP contribution in [-0.4, -0.2) is 21.7 Å². The van der Waals surface area contributed by atoms with E-state index in [-0.39, 0.29) is 16.6 Å². The van der Waals surface area contributed by atoms with Gasteiger partial charge in [0.1, 0.15) is 11.5 Å². The lowest BCUT2D eigenvalue weighted by Gasteiger charge is -2.16. The first-order chi connectivity index (χ1) is 9.00. The lowest BCUT2D eigenvalue weighted by Crippen LogP contribution is -2.22. The van der Waals surface area contributed by atoms with Crippen LogP contribution < -0.4 is 5.32 Å². The Balaban J connectivity index is 2.38. The number of hydrogen-bond donors (Lipinski definition) is 3. The quantitative estimate of drug-likeness (QED) is 0.726. The van der Waals surface area contributed by atoms with E-state index in [9.17, 15) is 5.11 Å². The largest absolute Gasteiger partial charge is 0.506 e. The number of phenols is 1. The predicted octanol–water partition coefficient (Wildman–Crippen LogP) is 3.12. The van der Waals surface area contributed by atoms with Crippen LogP contribution in [0.1, 0.15) is 13.8 Å². The van der Waals surface area contributed by atoms with E-state index in [1.165, 1.54) is 0 Å². The van der Waals surface area contributed by atoms with E-state index in [0.717, 1.165) is 0 Å². The average Bonchev–Trinajstić information content (AvgIpc) is 2.37. The molecule has 1 aromatic carbocycles. The molecule has 3 N–H and O–H groups in total. The number of phenolic OH excluding ortho intramolecular Hbond substituents is 1. The Morgan fingerprint density at radius 2 is 2.00 bits per heavy atom. The van der Waals surface area contributed by atoms with Gasteiger partial charge in [-0.05, 0) is 26.0 Å². The highest BCUT2D eigenvalue weighted by molar-refractivity contribution is 6.87. The molecular formula is C13H13ClN4O. The zero-order valence-electron chi connectivity index (χ0n) is 10.5. The molecule has 19 heavy (non-hydrogen) atoms. The van der Waals surface area contributed by atoms with Crippen molar-refractivity contribution >= 4 is 33.9 Å². The lowest BCUT2D eigenvalue weighted by molar-refractivity contribution is 0.477. The molecule has 0 saturated carbocycles. The number of rotatable bonds is 2. The third-order valence-corrected chi connectivity index (χ3v) is 2.97. The summed E-state index contributed by atoms with van der Waals surface area (Å²) in [5, 5.41) is 28.3. The smallest absolute Gasteiger partial charge is 0.177 e. The summed E-state index contributed by atoms with van der Waals surface area (Å²) in [7, 11) is 0. The molecule has 5 nitrogen and oxygen atoms in total. The van der Waals surface area contributed by atoms with Gasteiger partial charge in [0, 0.05) is 11.3 Å². The fraction of sp³-hybridized carbons (Fsp3) is 0.154. The number of nitrogens with one attached hydrogen (secondary N) is 2. The first-order valence-electron chi connectivity index (χ1n) is 5.64. The minimum atomic E-state index is 0.0547. The van der Waals surface area contributed by atoms with Gasteiger partial charge in [-0.25, -0.2) is 0 Å². The number of benzene rings is 1. The van der Waals surface area contributed by atoms with Gasteiger partial charge < -0.3 is 10.4 Å². The normalized spacial score (nSPS) is 17.7. The highest BCUT2D eigenvalue weighted by Gasteiger charge is 2.20. The molecule has 0 amide bonds. The van der Waals surface area contributed by atoms with Gasteiger partial charge in [-0.15, -0.1) is 5.10 Å². The van der Waals surface area contributed by atoms with Crippen molar-refractivity contribution in [2.45, 2.75) is 13.8 Å². The molecule has 1 aliphatic rings. The molecule has 98 valence electrons. The van der Waals surface area contributed by atoms with Crippen LogP contribution in [0.2, 0.25) is 0 Å². The van der Waals surface area contributed by atoms with Gasteiger partial charge in [-0.3, -0.25) is 5.41 Å². The fourth-order valence-electron chi connectivity index (χ4n) is 1.81. The predicted molar refractivity (Wildman–Crippen MR) is 78.6 cm³/mol. The topological polar surface area (TPSA) is 80.8 Å². The molecule has 0 saturated heterocycles. The number of hydrogen-bond acceptors (Lipinski definition) is 5. The van der Waals surface area contributed by atoms with Crippen molar-refractivity contribution in [2.75, 3.05) is 5.32 Å². The van der Waals surface area contributed by atoms with Crippen molar-refractivity contribution in [2.24, 2.45) is 10.2 Å². The third kappa shape index (κ3) is 2.66. The number of aromatic hydroxyl groups is 1. The Bertz CT molecular complexity index is 627. The SMILES string of the molecule is CC1=NN=C(Cl)C(=N)/C1=C(/C)Nc1ccccc1O. The first-order valence-corrected chi connectivity index (χ1v) is 6.02. The Kier molecular flexibility index (Phi) is 3.66. The second kappa shape index (κ2) is 5.24. The van der Waals surface area contributed by atoms with Crippen LogP contribution in [0.25, 0.3) is 0 Å². The zero-order valence-corrected chi connectivity index (χ0v) is 11.3. The molecule has 1 aliphatic heterocycles. The van der Waals surface area contributed by atoms with E-state index in [4.69, 9.17) is 17.0 Å². The number of halogens is 1. The molecule has 0 spiro atoms. The van der Waals surface area contributed by atoms with Crippen molar-refractivity contribution in [1.29, 1.82) is 5.41 Å². The second-order valence-corrected chi connectivity index (χ2v) is 4.45. The minimum absolute atomic E-state index is 0.0547. The maximum atomic E-state index is 9.72. The first kappa shape index (κ1) is 13.3. The zero-order chi connectivity index (χ0) is 14.0. The van der Waals surface area contributed by atoms with E-state index in [2.05, 4.69) is 15.5 Å². The average molecular weight is 277 g/mol. The molecule has 0 aromatic heterocycles. The molecule has 1 aromatic rings. The Hall–Kier alpha value is -2.14. The number of nitrogens with zero attached hydrogens (tertiary/aromatic N) is 2. The molecule has 6 heteroatoms. The van der Waals surface area contributed by atoms with Crippen LogP contribution in [0, 0.1) is 5.41 Å². The van der Waals surface area contributed by atoms with Gasteiger partial charge in [0.25, 0.3) is 0 Å². The van der Waals surface area contributed by atoms with Crippen molar-refractivity contribution in [3.8, 4) is 5.75 Å². The Labute approximate surface area is 115 Å². The number of anilines is 1. The highest BCUT2D eigenvalue weighted by atomic mass is 35.5. The van der Waals surface area contributed by atoms with Crippen LogP contribution >= 0.6 is 11.6 Å². The maximum absolute atomic E-state index is 9.72. The highest BCUT2D eigenvalue weighted by Crippen LogP contribution is 2.25. The van der Waals surface area contributed by atoms with Crippen molar-refractivity contribution in [3.05, 3.63) is 35.5 Å². The molecular weight excluding hydrogens is 264 g/mol. The summed E-state index contributed by atoms with van der Waals surface area (Å²) in [6, 6.07) is 6.87. The fourth-order valence-corrected chi connectivity index (χ4v) is 1.94. The number of para-hydroxylation sites is 2. The second-order valence-electron chi connectivity index (χ2n) is 4.09. The summed E-state index contributed by atoms with van der Waals surface area (Å²) in [6.07, 6.45) is 0. The summed E-state index contributed by atoms with van der Waals surface area (Å²) in [4.78, 5) is 0. The maximum Gasteiger partial charge on any atom is 0.177 e. The number of allylic oxidation sites excluding steroid dienone is 2. The van der Waals surface area contributed by atoms with Gasteiger partial charge in [-0.1, -0.05) is 23.7 Å². The van der Waals surface area contributed by atoms with Gasteiger partial charge in [0.05, 0.1) is 11.4 Å². The van der Waals surface area contributed by atoms with E-state index in [0.29, 0.717) is 22.7 Å². The van der Waals surface area contributed by atoms with Gasteiger partial charge in [0.15, 0.2) is 5.17 Å². The van der Waals surface area contributed by atoms with Crippen LogP contribution in [0.15, 0.2) is 45.7 Å². The third-order valence-electron chi connectivity index (χ3n) is 2.71. The van der Waals surface area contributed by atoms with Crippen molar-refractivity contribution in [1.82, 2.24) is 0 Å².